The summed E-state index contributed by atoms with van der Waals surface area (Å²) < 4.78 is 5.71. The molecular weight excluding hydrogens is 316 g/mol. The molecule has 0 saturated heterocycles. The van der Waals surface area contributed by atoms with Gasteiger partial charge < -0.3 is 9.64 Å². The summed E-state index contributed by atoms with van der Waals surface area (Å²) in [6.07, 6.45) is 3.46. The summed E-state index contributed by atoms with van der Waals surface area (Å²) in [5, 5.41) is 4.55. The standard InChI is InChI=1S/C16H15ClN4O2/c1-21-9-15(22)19-20-16(21)12-4-5-14(13(17)7-12)23-10-11-3-2-6-18-8-11/h2-8H,9-10H2,1H3,(H,19,22). The Morgan fingerprint density at radius 1 is 1.39 bits per heavy atom. The molecule has 1 aromatic heterocycles. The van der Waals surface area contributed by atoms with E-state index < -0.39 is 0 Å². The van der Waals surface area contributed by atoms with Crippen molar-refractivity contribution < 1.29 is 9.53 Å². The van der Waals surface area contributed by atoms with E-state index in [0.717, 1.165) is 11.1 Å². The molecule has 2 heterocycles. The Morgan fingerprint density at radius 3 is 2.96 bits per heavy atom. The van der Waals surface area contributed by atoms with E-state index >= 15 is 0 Å². The number of amidine groups is 1. The molecule has 2 aromatic rings. The zero-order chi connectivity index (χ0) is 16.2. The summed E-state index contributed by atoms with van der Waals surface area (Å²) in [4.78, 5) is 17.1. The third kappa shape index (κ3) is 3.60. The number of ether oxygens (including phenoxy) is 1. The average molecular weight is 331 g/mol. The van der Waals surface area contributed by atoms with E-state index in [1.807, 2.05) is 18.2 Å². The van der Waals surface area contributed by atoms with Gasteiger partial charge >= 0.3 is 0 Å². The van der Waals surface area contributed by atoms with Gasteiger partial charge in [0.25, 0.3) is 5.91 Å². The van der Waals surface area contributed by atoms with Crippen molar-refractivity contribution in [3.8, 4) is 5.75 Å². The number of likely N-dealkylation sites (N-methyl/N-ethyl adjacent to an activating group) is 1. The van der Waals surface area contributed by atoms with Crippen molar-refractivity contribution in [2.75, 3.05) is 13.6 Å². The van der Waals surface area contributed by atoms with Crippen LogP contribution in [0, 0.1) is 0 Å². The highest BCUT2D eigenvalue weighted by Crippen LogP contribution is 2.27. The Hall–Kier alpha value is -2.60. The fraction of sp³-hybridized carbons (Fsp3) is 0.188. The first-order chi connectivity index (χ1) is 11.1. The van der Waals surface area contributed by atoms with Gasteiger partial charge in [-0.2, -0.15) is 5.10 Å². The topological polar surface area (TPSA) is 66.8 Å². The number of aromatic nitrogens is 1. The minimum atomic E-state index is -0.140. The van der Waals surface area contributed by atoms with Gasteiger partial charge in [-0.25, -0.2) is 5.43 Å². The molecule has 0 aliphatic carbocycles. The molecule has 23 heavy (non-hydrogen) atoms. The number of hydrazone groups is 1. The van der Waals surface area contributed by atoms with E-state index in [1.54, 1.807) is 36.5 Å². The Bertz CT molecular complexity index is 749. The second-order valence-electron chi connectivity index (χ2n) is 5.12. The van der Waals surface area contributed by atoms with Crippen LogP contribution < -0.4 is 10.2 Å². The molecule has 0 fully saturated rings. The summed E-state index contributed by atoms with van der Waals surface area (Å²) in [5.41, 5.74) is 4.24. The lowest BCUT2D eigenvalue weighted by Gasteiger charge is -2.24. The van der Waals surface area contributed by atoms with E-state index in [9.17, 15) is 4.79 Å². The van der Waals surface area contributed by atoms with Gasteiger partial charge in [0.15, 0.2) is 5.84 Å². The first-order valence-corrected chi connectivity index (χ1v) is 7.40. The summed E-state index contributed by atoms with van der Waals surface area (Å²) >= 11 is 6.29. The second-order valence-corrected chi connectivity index (χ2v) is 5.53. The number of halogens is 1. The van der Waals surface area contributed by atoms with Crippen LogP contribution >= 0.6 is 11.6 Å². The van der Waals surface area contributed by atoms with E-state index in [1.165, 1.54) is 0 Å². The summed E-state index contributed by atoms with van der Waals surface area (Å²) in [6, 6.07) is 9.21. The van der Waals surface area contributed by atoms with Crippen molar-refractivity contribution in [3.63, 3.8) is 0 Å². The lowest BCUT2D eigenvalue weighted by molar-refractivity contribution is -0.121. The van der Waals surface area contributed by atoms with Gasteiger partial charge in [-0.3, -0.25) is 9.78 Å². The molecule has 1 aliphatic rings. The Morgan fingerprint density at radius 2 is 2.26 bits per heavy atom. The van der Waals surface area contributed by atoms with Crippen LogP contribution in [-0.2, 0) is 11.4 Å². The number of carbonyl (C=O) groups excluding carboxylic acids is 1. The lowest BCUT2D eigenvalue weighted by atomic mass is 10.1. The molecule has 3 rings (SSSR count). The van der Waals surface area contributed by atoms with Crippen LogP contribution in [-0.4, -0.2) is 35.2 Å². The zero-order valence-electron chi connectivity index (χ0n) is 12.5. The van der Waals surface area contributed by atoms with Gasteiger partial charge in [0.1, 0.15) is 12.4 Å². The molecule has 0 spiro atoms. The van der Waals surface area contributed by atoms with E-state index in [-0.39, 0.29) is 12.5 Å². The highest BCUT2D eigenvalue weighted by atomic mass is 35.5. The molecule has 0 saturated carbocycles. The summed E-state index contributed by atoms with van der Waals surface area (Å²) in [7, 11) is 1.80. The Kier molecular flexibility index (Phi) is 4.43. The molecule has 7 heteroatoms. The monoisotopic (exact) mass is 330 g/mol. The number of rotatable bonds is 4. The highest BCUT2D eigenvalue weighted by Gasteiger charge is 2.19. The molecule has 0 unspecified atom stereocenters. The SMILES string of the molecule is CN1CC(=O)NN=C1c1ccc(OCc2cccnc2)c(Cl)c1. The first kappa shape index (κ1) is 15.3. The van der Waals surface area contributed by atoms with Gasteiger partial charge in [-0.1, -0.05) is 17.7 Å². The summed E-state index contributed by atoms with van der Waals surface area (Å²) in [5.74, 6) is 1.10. The van der Waals surface area contributed by atoms with E-state index in [4.69, 9.17) is 16.3 Å². The number of amides is 1. The van der Waals surface area contributed by atoms with Crippen LogP contribution in [0.2, 0.25) is 5.02 Å². The quantitative estimate of drug-likeness (QED) is 0.931. The number of hydrogen-bond acceptors (Lipinski definition) is 5. The largest absolute Gasteiger partial charge is 0.487 e. The second kappa shape index (κ2) is 6.66. The number of carbonyl (C=O) groups is 1. The molecule has 1 aromatic carbocycles. The predicted molar refractivity (Wildman–Crippen MR) is 87.3 cm³/mol. The maximum absolute atomic E-state index is 11.3. The number of benzene rings is 1. The molecule has 0 atom stereocenters. The van der Waals surface area contributed by atoms with Crippen LogP contribution in [0.5, 0.6) is 5.75 Å². The van der Waals surface area contributed by atoms with Gasteiger partial charge in [0.2, 0.25) is 0 Å². The van der Waals surface area contributed by atoms with Gasteiger partial charge in [0.05, 0.1) is 11.6 Å². The molecule has 118 valence electrons. The summed E-state index contributed by atoms with van der Waals surface area (Å²) in [6.45, 7) is 0.652. The smallest absolute Gasteiger partial charge is 0.259 e. The first-order valence-electron chi connectivity index (χ1n) is 7.03. The van der Waals surface area contributed by atoms with Crippen molar-refractivity contribution in [1.29, 1.82) is 0 Å². The predicted octanol–water partition coefficient (Wildman–Crippen LogP) is 2.04. The molecule has 1 aliphatic heterocycles. The molecule has 1 amide bonds. The Labute approximate surface area is 138 Å². The third-order valence-corrected chi connectivity index (χ3v) is 3.63. The molecule has 1 N–H and O–H groups in total. The number of nitrogens with one attached hydrogen (secondary N) is 1. The van der Waals surface area contributed by atoms with Crippen molar-refractivity contribution in [2.45, 2.75) is 6.61 Å². The number of nitrogens with zero attached hydrogens (tertiary/aromatic N) is 3. The minimum absolute atomic E-state index is 0.140. The maximum Gasteiger partial charge on any atom is 0.259 e. The Balaban J connectivity index is 1.74. The van der Waals surface area contributed by atoms with Gasteiger partial charge in [0, 0.05) is 30.6 Å². The fourth-order valence-corrected chi connectivity index (χ4v) is 2.45. The fourth-order valence-electron chi connectivity index (χ4n) is 2.21. The van der Waals surface area contributed by atoms with Crippen molar-refractivity contribution in [3.05, 3.63) is 58.9 Å². The minimum Gasteiger partial charge on any atom is -0.487 e. The molecule has 0 bridgehead atoms. The van der Waals surface area contributed by atoms with Crippen molar-refractivity contribution in [2.24, 2.45) is 5.10 Å². The number of pyridine rings is 1. The molecule has 6 nitrogen and oxygen atoms in total. The third-order valence-electron chi connectivity index (χ3n) is 3.34. The zero-order valence-corrected chi connectivity index (χ0v) is 13.2. The average Bonchev–Trinajstić information content (AvgIpc) is 2.55. The molecular formula is C16H15ClN4O2. The van der Waals surface area contributed by atoms with Crippen molar-refractivity contribution in [1.82, 2.24) is 15.3 Å². The highest BCUT2D eigenvalue weighted by molar-refractivity contribution is 6.32. The van der Waals surface area contributed by atoms with Gasteiger partial charge in [-0.15, -0.1) is 0 Å². The van der Waals surface area contributed by atoms with E-state index in [0.29, 0.717) is 23.2 Å². The number of hydrogen-bond donors (Lipinski definition) is 1. The maximum atomic E-state index is 11.3. The lowest BCUT2D eigenvalue weighted by Crippen LogP contribution is -2.43. The van der Waals surface area contributed by atoms with Crippen LogP contribution in [0.4, 0.5) is 0 Å². The normalized spacial score (nSPS) is 14.3. The van der Waals surface area contributed by atoms with Crippen molar-refractivity contribution >= 4 is 23.3 Å². The van der Waals surface area contributed by atoms with Crippen LogP contribution in [0.25, 0.3) is 0 Å². The van der Waals surface area contributed by atoms with E-state index in [2.05, 4.69) is 15.5 Å². The van der Waals surface area contributed by atoms with Crippen LogP contribution in [0.1, 0.15) is 11.1 Å². The van der Waals surface area contributed by atoms with Crippen LogP contribution in [0.3, 0.4) is 0 Å². The molecule has 0 radical (unpaired) electrons. The van der Waals surface area contributed by atoms with Crippen LogP contribution in [0.15, 0.2) is 47.8 Å². The van der Waals surface area contributed by atoms with Gasteiger partial charge in [-0.05, 0) is 24.3 Å².